The van der Waals surface area contributed by atoms with Crippen LogP contribution >= 0.6 is 0 Å². The van der Waals surface area contributed by atoms with Gasteiger partial charge in [-0.05, 0) is 29.0 Å². The Kier molecular flexibility index (Phi) is 8.23. The molecule has 1 saturated heterocycles. The summed E-state index contributed by atoms with van der Waals surface area (Å²) in [6, 6.07) is 4.75. The third-order valence-electron chi connectivity index (χ3n) is 6.49. The highest BCUT2D eigenvalue weighted by Crippen LogP contribution is 2.50. The normalized spacial score (nSPS) is 22.1. The molecular weight excluding hydrogens is 462 g/mol. The lowest BCUT2D eigenvalue weighted by atomic mass is 9.85. The highest BCUT2D eigenvalue weighted by Gasteiger charge is 2.58. The van der Waals surface area contributed by atoms with Crippen LogP contribution in [-0.4, -0.2) is 58.6 Å². The van der Waals surface area contributed by atoms with E-state index in [0.29, 0.717) is 30.0 Å². The van der Waals surface area contributed by atoms with Crippen LogP contribution in [0, 0.1) is 11.8 Å². The number of carboxylic acid groups (broad SMARTS) is 1. The van der Waals surface area contributed by atoms with Crippen molar-refractivity contribution in [2.75, 3.05) is 20.8 Å². The van der Waals surface area contributed by atoms with Gasteiger partial charge in [-0.15, -0.1) is 0 Å². The Bertz CT molecular complexity index is 1070. The first-order valence-electron chi connectivity index (χ1n) is 12.1. The van der Waals surface area contributed by atoms with Crippen LogP contribution in [0.2, 0.25) is 0 Å². The molecule has 1 aromatic heterocycles. The molecule has 1 aromatic carbocycles. The highest BCUT2D eigenvalue weighted by atomic mass is 16.7. The van der Waals surface area contributed by atoms with E-state index in [1.54, 1.807) is 49.8 Å². The van der Waals surface area contributed by atoms with E-state index in [1.807, 2.05) is 19.9 Å². The van der Waals surface area contributed by atoms with Crippen molar-refractivity contribution in [3.8, 4) is 5.75 Å². The fourth-order valence-electron chi connectivity index (χ4n) is 5.29. The minimum absolute atomic E-state index is 0.0428. The fourth-order valence-corrected chi connectivity index (χ4v) is 5.29. The lowest BCUT2D eigenvalue weighted by Crippen LogP contribution is -2.52. The maximum Gasteiger partial charge on any atom is 0.507 e. The number of amides is 1. The number of methoxy groups -OCH3 is 2. The predicted molar refractivity (Wildman–Crippen MR) is 134 cm³/mol. The van der Waals surface area contributed by atoms with Crippen molar-refractivity contribution >= 4 is 12.1 Å². The van der Waals surface area contributed by atoms with E-state index in [-0.39, 0.29) is 29.6 Å². The second kappa shape index (κ2) is 10.8. The molecular formula is C27H37N3O6. The van der Waals surface area contributed by atoms with Gasteiger partial charge in [0.25, 0.3) is 5.91 Å². The van der Waals surface area contributed by atoms with Crippen LogP contribution in [0.4, 0.5) is 4.79 Å². The molecule has 1 aliphatic rings. The van der Waals surface area contributed by atoms with Gasteiger partial charge in [-0.3, -0.25) is 19.7 Å². The van der Waals surface area contributed by atoms with Crippen molar-refractivity contribution in [2.45, 2.75) is 64.6 Å². The molecule has 36 heavy (non-hydrogen) atoms. The van der Waals surface area contributed by atoms with Crippen LogP contribution in [0.3, 0.4) is 0 Å². The summed E-state index contributed by atoms with van der Waals surface area (Å²) in [5.74, 6) is 0.00122. The maximum atomic E-state index is 14.3. The van der Waals surface area contributed by atoms with Gasteiger partial charge in [-0.25, -0.2) is 4.79 Å². The Labute approximate surface area is 212 Å². The lowest BCUT2D eigenvalue weighted by molar-refractivity contribution is -0.108. The van der Waals surface area contributed by atoms with Gasteiger partial charge in [0.05, 0.1) is 31.6 Å². The molecule has 0 aliphatic carbocycles. The first kappa shape index (κ1) is 27.4. The average molecular weight is 500 g/mol. The smallest absolute Gasteiger partial charge is 0.496 e. The molecule has 9 heteroatoms. The van der Waals surface area contributed by atoms with Gasteiger partial charge in [-0.2, -0.15) is 0 Å². The van der Waals surface area contributed by atoms with E-state index in [4.69, 9.17) is 14.2 Å². The topological polar surface area (TPSA) is 111 Å². The average Bonchev–Trinajstić information content (AvgIpc) is 3.09. The van der Waals surface area contributed by atoms with Gasteiger partial charge in [0.2, 0.25) is 0 Å². The van der Waals surface area contributed by atoms with Crippen LogP contribution in [0.25, 0.3) is 0 Å². The van der Waals surface area contributed by atoms with Crippen molar-refractivity contribution in [1.82, 2.24) is 14.9 Å². The second-order valence-electron chi connectivity index (χ2n) is 10.7. The number of ether oxygens (including phenoxy) is 3. The molecule has 2 heterocycles. The van der Waals surface area contributed by atoms with Crippen LogP contribution in [-0.2, 0) is 14.9 Å². The zero-order valence-electron chi connectivity index (χ0n) is 22.1. The van der Waals surface area contributed by atoms with Crippen LogP contribution in [0.5, 0.6) is 5.75 Å². The molecule has 0 spiro atoms. The summed E-state index contributed by atoms with van der Waals surface area (Å²) < 4.78 is 16.7. The first-order valence-corrected chi connectivity index (χ1v) is 12.1. The molecule has 0 saturated carbocycles. The molecule has 9 nitrogen and oxygen atoms in total. The SMILES string of the molecule is COC[C@@H]1C[C@](CC(C)C)(OC(=O)O)N(C(=O)c2ccc(C(C)(C)C)c(OC)c2)[C@H]1c1cnccn1. The van der Waals surface area contributed by atoms with E-state index in [2.05, 4.69) is 30.7 Å². The number of hydrogen-bond acceptors (Lipinski definition) is 7. The van der Waals surface area contributed by atoms with Gasteiger partial charge < -0.3 is 19.3 Å². The molecule has 2 aromatic rings. The summed E-state index contributed by atoms with van der Waals surface area (Å²) >= 11 is 0. The van der Waals surface area contributed by atoms with Gasteiger partial charge in [0.15, 0.2) is 5.72 Å². The molecule has 0 unspecified atom stereocenters. The lowest BCUT2D eigenvalue weighted by Gasteiger charge is -2.40. The molecule has 1 N–H and O–H groups in total. The molecule has 0 radical (unpaired) electrons. The van der Waals surface area contributed by atoms with Crippen molar-refractivity contribution in [2.24, 2.45) is 11.8 Å². The molecule has 3 atom stereocenters. The summed E-state index contributed by atoms with van der Waals surface area (Å²) in [5, 5.41) is 9.76. The van der Waals surface area contributed by atoms with Gasteiger partial charge >= 0.3 is 6.16 Å². The van der Waals surface area contributed by atoms with E-state index in [1.165, 1.54) is 0 Å². The Hall–Kier alpha value is -3.20. The molecule has 196 valence electrons. The largest absolute Gasteiger partial charge is 0.507 e. The third-order valence-corrected chi connectivity index (χ3v) is 6.49. The Morgan fingerprint density at radius 1 is 1.22 bits per heavy atom. The van der Waals surface area contributed by atoms with E-state index < -0.39 is 17.9 Å². The molecule has 0 bridgehead atoms. The van der Waals surface area contributed by atoms with Crippen molar-refractivity contribution in [3.05, 3.63) is 53.6 Å². The van der Waals surface area contributed by atoms with Gasteiger partial charge in [-0.1, -0.05) is 40.7 Å². The minimum atomic E-state index is -1.44. The van der Waals surface area contributed by atoms with E-state index >= 15 is 0 Å². The van der Waals surface area contributed by atoms with Crippen LogP contribution in [0.1, 0.15) is 75.1 Å². The number of rotatable bonds is 8. The Morgan fingerprint density at radius 3 is 2.47 bits per heavy atom. The predicted octanol–water partition coefficient (Wildman–Crippen LogP) is 5.07. The van der Waals surface area contributed by atoms with E-state index in [0.717, 1.165) is 5.56 Å². The van der Waals surface area contributed by atoms with Gasteiger partial charge in [0.1, 0.15) is 5.75 Å². The van der Waals surface area contributed by atoms with E-state index in [9.17, 15) is 14.7 Å². The number of likely N-dealkylation sites (tertiary alicyclic amines) is 1. The van der Waals surface area contributed by atoms with Gasteiger partial charge in [0, 0.05) is 43.8 Å². The number of nitrogens with zero attached hydrogens (tertiary/aromatic N) is 3. The Balaban J connectivity index is 2.22. The quantitative estimate of drug-likeness (QED) is 0.501. The molecule has 1 aliphatic heterocycles. The maximum absolute atomic E-state index is 14.3. The highest BCUT2D eigenvalue weighted by molar-refractivity contribution is 5.96. The number of carbonyl (C=O) groups is 2. The fraction of sp³-hybridized carbons (Fsp3) is 0.556. The second-order valence-corrected chi connectivity index (χ2v) is 10.7. The number of hydrogen-bond donors (Lipinski definition) is 1. The molecule has 3 rings (SSSR count). The zero-order valence-corrected chi connectivity index (χ0v) is 22.1. The molecule has 1 amide bonds. The summed E-state index contributed by atoms with van der Waals surface area (Å²) in [5.41, 5.74) is 0.277. The summed E-state index contributed by atoms with van der Waals surface area (Å²) in [6.07, 6.45) is 3.87. The van der Waals surface area contributed by atoms with Crippen LogP contribution < -0.4 is 4.74 Å². The minimum Gasteiger partial charge on any atom is -0.496 e. The molecule has 1 fully saturated rings. The summed E-state index contributed by atoms with van der Waals surface area (Å²) in [6.45, 7) is 10.4. The summed E-state index contributed by atoms with van der Waals surface area (Å²) in [4.78, 5) is 36.5. The standard InChI is InChI=1S/C27H37N3O6/c1-17(2)13-27(36-25(32)33)14-19(16-34-6)23(21-15-28-10-11-29-21)30(27)24(31)18-8-9-20(26(3,4)5)22(12-18)35-7/h8-12,15,17,19,23H,13-14,16H2,1-7H3,(H,32,33)/t19-,23+,27-/m0/s1. The van der Waals surface area contributed by atoms with Crippen LogP contribution in [0.15, 0.2) is 36.8 Å². The number of carbonyl (C=O) groups excluding carboxylic acids is 1. The zero-order chi connectivity index (χ0) is 26.7. The van der Waals surface area contributed by atoms with Crippen molar-refractivity contribution < 1.29 is 28.9 Å². The summed E-state index contributed by atoms with van der Waals surface area (Å²) in [7, 11) is 3.15. The number of aromatic nitrogens is 2. The van der Waals surface area contributed by atoms with Crippen molar-refractivity contribution in [3.63, 3.8) is 0 Å². The monoisotopic (exact) mass is 499 g/mol. The number of benzene rings is 1. The third kappa shape index (κ3) is 5.61. The van der Waals surface area contributed by atoms with Crippen molar-refractivity contribution in [1.29, 1.82) is 0 Å². The Morgan fingerprint density at radius 2 is 1.94 bits per heavy atom. The first-order chi connectivity index (χ1) is 16.9.